The summed E-state index contributed by atoms with van der Waals surface area (Å²) in [4.78, 5) is 35.0. The lowest BCUT2D eigenvalue weighted by molar-refractivity contribution is -0.150. The predicted octanol–water partition coefficient (Wildman–Crippen LogP) is 3.02. The van der Waals surface area contributed by atoms with Crippen LogP contribution >= 0.6 is 0 Å². The molecule has 2 aromatic carbocycles. The van der Waals surface area contributed by atoms with Gasteiger partial charge in [-0.1, -0.05) is 60.7 Å². The smallest absolute Gasteiger partial charge is 0.307 e. The quantitative estimate of drug-likeness (QED) is 0.628. The Bertz CT molecular complexity index is 679. The molecule has 0 amide bonds. The number of ketones is 1. The van der Waals surface area contributed by atoms with Crippen LogP contribution in [-0.2, 0) is 14.3 Å². The molecule has 0 saturated carbocycles. The van der Waals surface area contributed by atoms with Gasteiger partial charge in [-0.3, -0.25) is 14.4 Å². The fourth-order valence-electron chi connectivity index (χ4n) is 2.05. The van der Waals surface area contributed by atoms with Crippen molar-refractivity contribution < 1.29 is 24.2 Å². The number of rotatable bonds is 7. The summed E-state index contributed by atoms with van der Waals surface area (Å²) >= 11 is 0. The Morgan fingerprint density at radius 2 is 1.43 bits per heavy atom. The average molecular weight is 312 g/mol. The van der Waals surface area contributed by atoms with Crippen LogP contribution in [0.1, 0.15) is 34.9 Å². The number of Topliss-reactive ketones (excluding diaryl/α,β-unsaturated/α-hetero) is 1. The van der Waals surface area contributed by atoms with Crippen LogP contribution in [0.25, 0.3) is 0 Å². The van der Waals surface area contributed by atoms with E-state index in [1.807, 2.05) is 0 Å². The zero-order valence-corrected chi connectivity index (χ0v) is 12.3. The monoisotopic (exact) mass is 312 g/mol. The lowest BCUT2D eigenvalue weighted by atomic mass is 10.00. The van der Waals surface area contributed by atoms with E-state index in [1.165, 1.54) is 0 Å². The second kappa shape index (κ2) is 7.89. The largest absolute Gasteiger partial charge is 0.481 e. The first-order chi connectivity index (χ1) is 11.1. The van der Waals surface area contributed by atoms with Crippen LogP contribution in [0, 0.1) is 0 Å². The van der Waals surface area contributed by atoms with Gasteiger partial charge in [-0.15, -0.1) is 0 Å². The summed E-state index contributed by atoms with van der Waals surface area (Å²) in [7, 11) is 0. The van der Waals surface area contributed by atoms with Crippen molar-refractivity contribution in [2.75, 3.05) is 0 Å². The molecule has 23 heavy (non-hydrogen) atoms. The van der Waals surface area contributed by atoms with E-state index >= 15 is 0 Å². The van der Waals surface area contributed by atoms with Gasteiger partial charge in [0.1, 0.15) is 0 Å². The van der Waals surface area contributed by atoms with Crippen molar-refractivity contribution in [1.82, 2.24) is 0 Å². The number of hydrogen-bond acceptors (Lipinski definition) is 4. The lowest BCUT2D eigenvalue weighted by Gasteiger charge is -2.17. The molecule has 2 aromatic rings. The minimum absolute atomic E-state index is 0.277. The Kier molecular flexibility index (Phi) is 5.63. The van der Waals surface area contributed by atoms with Crippen molar-refractivity contribution in [1.29, 1.82) is 0 Å². The van der Waals surface area contributed by atoms with Gasteiger partial charge >= 0.3 is 11.9 Å². The van der Waals surface area contributed by atoms with Crippen LogP contribution in [0.3, 0.4) is 0 Å². The molecule has 0 spiro atoms. The molecule has 5 heteroatoms. The standard InChI is InChI=1S/C18H16O5/c19-15(20)11-12-16(21)23-18(14-9-5-2-6-10-14)17(22)13-7-3-1-4-8-13/h1-10,18H,11-12H2,(H,19,20)/t18-/m0/s1. The zero-order chi connectivity index (χ0) is 16.7. The summed E-state index contributed by atoms with van der Waals surface area (Å²) in [5.41, 5.74) is 0.970. The van der Waals surface area contributed by atoms with E-state index in [-0.39, 0.29) is 18.6 Å². The van der Waals surface area contributed by atoms with E-state index < -0.39 is 18.0 Å². The van der Waals surface area contributed by atoms with E-state index in [9.17, 15) is 14.4 Å². The summed E-state index contributed by atoms with van der Waals surface area (Å²) in [5.74, 6) is -2.15. The van der Waals surface area contributed by atoms with E-state index in [1.54, 1.807) is 60.7 Å². The van der Waals surface area contributed by atoms with Gasteiger partial charge in [0, 0.05) is 11.1 Å². The molecule has 1 atom stereocenters. The Balaban J connectivity index is 2.21. The van der Waals surface area contributed by atoms with Gasteiger partial charge in [0.2, 0.25) is 5.78 Å². The molecule has 0 unspecified atom stereocenters. The van der Waals surface area contributed by atoms with E-state index in [4.69, 9.17) is 9.84 Å². The van der Waals surface area contributed by atoms with E-state index in [2.05, 4.69) is 0 Å². The summed E-state index contributed by atoms with van der Waals surface area (Å²) in [5, 5.41) is 8.63. The molecule has 0 aliphatic rings. The summed E-state index contributed by atoms with van der Waals surface area (Å²) < 4.78 is 5.25. The van der Waals surface area contributed by atoms with Crippen LogP contribution in [-0.4, -0.2) is 22.8 Å². The van der Waals surface area contributed by atoms with Crippen molar-refractivity contribution in [3.63, 3.8) is 0 Å². The molecule has 118 valence electrons. The number of aliphatic carboxylic acids is 1. The van der Waals surface area contributed by atoms with E-state index in [0.29, 0.717) is 11.1 Å². The van der Waals surface area contributed by atoms with Gasteiger partial charge < -0.3 is 9.84 Å². The molecular formula is C18H16O5. The highest BCUT2D eigenvalue weighted by molar-refractivity contribution is 6.01. The van der Waals surface area contributed by atoms with E-state index in [0.717, 1.165) is 0 Å². The Labute approximate surface area is 133 Å². The number of carbonyl (C=O) groups is 3. The molecule has 0 heterocycles. The number of hydrogen-bond donors (Lipinski definition) is 1. The second-order valence-corrected chi connectivity index (χ2v) is 4.90. The Morgan fingerprint density at radius 3 is 2.00 bits per heavy atom. The van der Waals surface area contributed by atoms with Gasteiger partial charge in [-0.05, 0) is 0 Å². The third-order valence-corrected chi connectivity index (χ3v) is 3.19. The van der Waals surface area contributed by atoms with Gasteiger partial charge in [0.15, 0.2) is 6.10 Å². The minimum Gasteiger partial charge on any atom is -0.481 e. The average Bonchev–Trinajstić information content (AvgIpc) is 2.59. The molecule has 0 aliphatic carbocycles. The van der Waals surface area contributed by atoms with Crippen molar-refractivity contribution in [3.05, 3.63) is 71.8 Å². The number of esters is 1. The predicted molar refractivity (Wildman–Crippen MR) is 82.9 cm³/mol. The minimum atomic E-state index is -1.09. The fourth-order valence-corrected chi connectivity index (χ4v) is 2.05. The highest BCUT2D eigenvalue weighted by atomic mass is 16.5. The summed E-state index contributed by atoms with van der Waals surface area (Å²) in [6, 6.07) is 17.2. The van der Waals surface area contributed by atoms with Crippen LogP contribution in [0.5, 0.6) is 0 Å². The Hall–Kier alpha value is -2.95. The maximum atomic E-state index is 12.6. The third kappa shape index (κ3) is 4.78. The number of carbonyl (C=O) groups excluding carboxylic acids is 2. The lowest BCUT2D eigenvalue weighted by Crippen LogP contribution is -2.20. The number of ether oxygens (including phenoxy) is 1. The molecule has 2 rings (SSSR count). The van der Waals surface area contributed by atoms with Gasteiger partial charge in [0.05, 0.1) is 12.8 Å². The maximum Gasteiger partial charge on any atom is 0.307 e. The third-order valence-electron chi connectivity index (χ3n) is 3.19. The molecule has 0 saturated heterocycles. The van der Waals surface area contributed by atoms with Crippen LogP contribution in [0.4, 0.5) is 0 Å². The molecule has 0 aliphatic heterocycles. The highest BCUT2D eigenvalue weighted by Gasteiger charge is 2.26. The molecule has 0 aromatic heterocycles. The second-order valence-electron chi connectivity index (χ2n) is 4.90. The van der Waals surface area contributed by atoms with Crippen molar-refractivity contribution in [2.45, 2.75) is 18.9 Å². The summed E-state index contributed by atoms with van der Waals surface area (Å²) in [6.45, 7) is 0. The maximum absolute atomic E-state index is 12.6. The number of carboxylic acids is 1. The summed E-state index contributed by atoms with van der Waals surface area (Å²) in [6.07, 6.45) is -1.69. The van der Waals surface area contributed by atoms with Crippen molar-refractivity contribution >= 4 is 17.7 Å². The van der Waals surface area contributed by atoms with Crippen LogP contribution in [0.2, 0.25) is 0 Å². The number of carboxylic acid groups (broad SMARTS) is 1. The first kappa shape index (κ1) is 16.4. The van der Waals surface area contributed by atoms with Gasteiger partial charge in [0.25, 0.3) is 0 Å². The molecule has 0 bridgehead atoms. The molecule has 1 N–H and O–H groups in total. The molecular weight excluding hydrogens is 296 g/mol. The van der Waals surface area contributed by atoms with Crippen LogP contribution < -0.4 is 0 Å². The SMILES string of the molecule is O=C(O)CCC(=O)O[C@H](C(=O)c1ccccc1)c1ccccc1. The highest BCUT2D eigenvalue weighted by Crippen LogP contribution is 2.23. The molecule has 5 nitrogen and oxygen atoms in total. The fraction of sp³-hybridized carbons (Fsp3) is 0.167. The van der Waals surface area contributed by atoms with Gasteiger partial charge in [-0.25, -0.2) is 0 Å². The zero-order valence-electron chi connectivity index (χ0n) is 12.3. The Morgan fingerprint density at radius 1 is 0.870 bits per heavy atom. The molecule has 0 radical (unpaired) electrons. The first-order valence-corrected chi connectivity index (χ1v) is 7.13. The number of benzene rings is 2. The van der Waals surface area contributed by atoms with Crippen molar-refractivity contribution in [3.8, 4) is 0 Å². The van der Waals surface area contributed by atoms with Gasteiger partial charge in [-0.2, -0.15) is 0 Å². The van der Waals surface area contributed by atoms with Crippen LogP contribution in [0.15, 0.2) is 60.7 Å². The first-order valence-electron chi connectivity index (χ1n) is 7.13. The topological polar surface area (TPSA) is 80.7 Å². The van der Waals surface area contributed by atoms with Crippen molar-refractivity contribution in [2.24, 2.45) is 0 Å². The normalized spacial score (nSPS) is 11.5. The molecule has 0 fully saturated rings.